The minimum Gasteiger partial charge on any atom is -1.00 e. The maximum Gasteiger partial charge on any atom is -1.00 e. The minimum absolute atomic E-state index is 0. The summed E-state index contributed by atoms with van der Waals surface area (Å²) < 4.78 is 2.84. The SMILES string of the molecule is CC1C2C=CC=CC2C(C)[CH]1[Zr+2][C]1=CC=CC1.[Cl-].[Cl-]. The first-order valence-electron chi connectivity index (χ1n) is 6.74. The molecule has 4 unspecified atom stereocenters. The minimum atomic E-state index is -0.360. The van der Waals surface area contributed by atoms with Gasteiger partial charge in [-0.3, -0.25) is 0 Å². The van der Waals surface area contributed by atoms with Crippen molar-refractivity contribution in [1.82, 2.24) is 0 Å². The third-order valence-corrected chi connectivity index (χ3v) is 9.92. The molecular weight excluding hydrogens is 354 g/mol. The van der Waals surface area contributed by atoms with Crippen molar-refractivity contribution in [3.05, 3.63) is 45.8 Å². The number of fused-ring (bicyclic) bond motifs is 1. The van der Waals surface area contributed by atoms with Gasteiger partial charge in [-0.05, 0) is 0 Å². The number of hydrogen-bond acceptors (Lipinski definition) is 0. The Balaban J connectivity index is 0.000000902. The Morgan fingerprint density at radius 2 is 1.53 bits per heavy atom. The molecule has 0 aromatic rings. The van der Waals surface area contributed by atoms with Crippen molar-refractivity contribution in [2.75, 3.05) is 0 Å². The van der Waals surface area contributed by atoms with Crippen molar-refractivity contribution < 1.29 is 48.0 Å². The third kappa shape index (κ3) is 3.37. The molecule has 0 spiro atoms. The van der Waals surface area contributed by atoms with Gasteiger partial charge < -0.3 is 24.8 Å². The van der Waals surface area contributed by atoms with Crippen LogP contribution in [0.2, 0.25) is 3.63 Å². The van der Waals surface area contributed by atoms with Crippen molar-refractivity contribution >= 4 is 0 Å². The van der Waals surface area contributed by atoms with Crippen LogP contribution in [0.25, 0.3) is 0 Å². The molecule has 1 saturated carbocycles. The van der Waals surface area contributed by atoms with E-state index in [1.54, 1.807) is 0 Å². The first-order chi connectivity index (χ1) is 8.27. The van der Waals surface area contributed by atoms with Gasteiger partial charge in [0.05, 0.1) is 0 Å². The Bertz CT molecular complexity index is 398. The van der Waals surface area contributed by atoms with E-state index in [-0.39, 0.29) is 48.0 Å². The molecule has 19 heavy (non-hydrogen) atoms. The van der Waals surface area contributed by atoms with Gasteiger partial charge in [-0.25, -0.2) is 0 Å². The molecule has 0 heterocycles. The van der Waals surface area contributed by atoms with Crippen LogP contribution in [0.5, 0.6) is 0 Å². The Morgan fingerprint density at radius 3 is 2.00 bits per heavy atom. The Labute approximate surface area is 140 Å². The quantitative estimate of drug-likeness (QED) is 0.544. The largest absolute Gasteiger partial charge is 1.00 e. The van der Waals surface area contributed by atoms with E-state index in [1.165, 1.54) is 6.42 Å². The Morgan fingerprint density at radius 1 is 0.947 bits per heavy atom. The number of allylic oxidation sites excluding steroid dienone is 8. The van der Waals surface area contributed by atoms with E-state index < -0.39 is 0 Å². The standard InChI is InChI=1S/C11H15.C5H5.2ClH.Zr/c1-8-7-9(2)11-6-4-3-5-10(8)11;1-2-4-5-3-1;;;/h3-11H,1-2H3;1-3H,4H2;2*1H;/q;;;;+2/p-2. The molecule has 3 aliphatic rings. The van der Waals surface area contributed by atoms with E-state index in [4.69, 9.17) is 0 Å². The van der Waals surface area contributed by atoms with Crippen molar-refractivity contribution in [3.63, 3.8) is 0 Å². The van der Waals surface area contributed by atoms with Crippen LogP contribution in [0.4, 0.5) is 0 Å². The molecule has 4 atom stereocenters. The van der Waals surface area contributed by atoms with Crippen molar-refractivity contribution in [2.45, 2.75) is 23.9 Å². The fourth-order valence-electron chi connectivity index (χ4n) is 3.68. The number of halogens is 2. The maximum atomic E-state index is 2.50. The summed E-state index contributed by atoms with van der Waals surface area (Å²) in [6.45, 7) is 5.00. The summed E-state index contributed by atoms with van der Waals surface area (Å²) in [7, 11) is 0. The normalized spacial score (nSPS) is 38.0. The molecule has 0 aromatic carbocycles. The fourth-order valence-corrected chi connectivity index (χ4v) is 8.17. The van der Waals surface area contributed by atoms with E-state index in [0.717, 1.165) is 27.3 Å². The van der Waals surface area contributed by atoms with Crippen LogP contribution in [0.15, 0.2) is 45.8 Å². The summed E-state index contributed by atoms with van der Waals surface area (Å²) in [4.78, 5) is 0. The number of rotatable bonds is 2. The van der Waals surface area contributed by atoms with Gasteiger partial charge >= 0.3 is 117 Å². The zero-order chi connectivity index (χ0) is 11.8. The molecule has 0 nitrogen and oxygen atoms in total. The van der Waals surface area contributed by atoms with E-state index in [1.807, 2.05) is 3.28 Å². The maximum absolute atomic E-state index is 2.50. The van der Waals surface area contributed by atoms with Crippen molar-refractivity contribution in [1.29, 1.82) is 0 Å². The summed E-state index contributed by atoms with van der Waals surface area (Å²) >= 11 is -0.360. The average molecular weight is 374 g/mol. The van der Waals surface area contributed by atoms with Gasteiger partial charge in [-0.15, -0.1) is 0 Å². The van der Waals surface area contributed by atoms with Gasteiger partial charge in [0.1, 0.15) is 0 Å². The summed E-state index contributed by atoms with van der Waals surface area (Å²) in [5.74, 6) is 3.47. The zero-order valence-electron chi connectivity index (χ0n) is 11.4. The van der Waals surface area contributed by atoms with Crippen molar-refractivity contribution in [2.24, 2.45) is 23.7 Å². The van der Waals surface area contributed by atoms with E-state index in [0.29, 0.717) is 0 Å². The third-order valence-electron chi connectivity index (χ3n) is 4.69. The summed E-state index contributed by atoms with van der Waals surface area (Å²) in [5.41, 5.74) is 0. The van der Waals surface area contributed by atoms with Crippen LogP contribution in [-0.4, -0.2) is 0 Å². The molecule has 3 rings (SSSR count). The fraction of sp³-hybridized carbons (Fsp3) is 0.500. The van der Waals surface area contributed by atoms with Gasteiger partial charge in [0.25, 0.3) is 0 Å². The van der Waals surface area contributed by atoms with Crippen LogP contribution in [0.3, 0.4) is 0 Å². The van der Waals surface area contributed by atoms with Gasteiger partial charge in [0.15, 0.2) is 0 Å². The first-order valence-corrected chi connectivity index (χ1v) is 9.39. The molecular formula is C16H20Cl2Zr. The molecule has 0 saturated heterocycles. The monoisotopic (exact) mass is 372 g/mol. The second-order valence-corrected chi connectivity index (χ2v) is 9.56. The van der Waals surface area contributed by atoms with Crippen molar-refractivity contribution in [3.8, 4) is 0 Å². The molecule has 3 aliphatic carbocycles. The van der Waals surface area contributed by atoms with Gasteiger partial charge in [-0.1, -0.05) is 0 Å². The first kappa shape index (κ1) is 17.5. The smallest absolute Gasteiger partial charge is 1.00 e. The summed E-state index contributed by atoms with van der Waals surface area (Å²) in [6.07, 6.45) is 17.7. The van der Waals surface area contributed by atoms with Gasteiger partial charge in [0, 0.05) is 0 Å². The molecule has 102 valence electrons. The second-order valence-electron chi connectivity index (χ2n) is 5.64. The average Bonchev–Trinajstić information content (AvgIpc) is 2.94. The van der Waals surface area contributed by atoms with Crippen LogP contribution in [0.1, 0.15) is 20.3 Å². The Kier molecular flexibility index (Phi) is 6.84. The molecule has 3 heteroatoms. The molecule has 0 amide bonds. The van der Waals surface area contributed by atoms with Crippen LogP contribution in [-0.2, 0) is 23.2 Å². The molecule has 0 aromatic heterocycles. The second kappa shape index (κ2) is 7.44. The van der Waals surface area contributed by atoms with Gasteiger partial charge in [-0.2, -0.15) is 0 Å². The molecule has 0 radical (unpaired) electrons. The molecule has 1 fully saturated rings. The van der Waals surface area contributed by atoms with Crippen LogP contribution >= 0.6 is 0 Å². The zero-order valence-corrected chi connectivity index (χ0v) is 15.4. The predicted molar refractivity (Wildman–Crippen MR) is 69.2 cm³/mol. The van der Waals surface area contributed by atoms with Gasteiger partial charge in [0.2, 0.25) is 0 Å². The predicted octanol–water partition coefficient (Wildman–Crippen LogP) is -1.65. The van der Waals surface area contributed by atoms with E-state index in [9.17, 15) is 0 Å². The molecule has 0 bridgehead atoms. The number of hydrogen-bond donors (Lipinski definition) is 0. The molecule has 0 aliphatic heterocycles. The molecule has 0 N–H and O–H groups in total. The van der Waals surface area contributed by atoms with Crippen LogP contribution in [0, 0.1) is 23.7 Å². The van der Waals surface area contributed by atoms with Crippen LogP contribution < -0.4 is 24.8 Å². The topological polar surface area (TPSA) is 0 Å². The Hall–Kier alpha value is 0.423. The summed E-state index contributed by atoms with van der Waals surface area (Å²) in [6, 6.07) is 0. The van der Waals surface area contributed by atoms with E-state index in [2.05, 4.69) is 56.4 Å². The van der Waals surface area contributed by atoms with E-state index >= 15 is 0 Å². The summed E-state index contributed by atoms with van der Waals surface area (Å²) in [5, 5.41) is 0.